The van der Waals surface area contributed by atoms with Gasteiger partial charge in [-0.15, -0.1) is 10.2 Å². The molecule has 3 heterocycles. The molecule has 0 aliphatic heterocycles. The molecule has 0 saturated carbocycles. The zero-order chi connectivity index (χ0) is 32.1. The third-order valence-corrected chi connectivity index (χ3v) is 8.55. The lowest BCUT2D eigenvalue weighted by Gasteiger charge is -2.22. The largest absolute Gasteiger partial charge is 0.490 e. The number of carboxylic acid groups (broad SMARTS) is 1. The van der Waals surface area contributed by atoms with Gasteiger partial charge in [-0.25, -0.2) is 23.2 Å². The van der Waals surface area contributed by atoms with Crippen molar-refractivity contribution in [2.45, 2.75) is 44.1 Å². The van der Waals surface area contributed by atoms with E-state index >= 15 is 0 Å². The Morgan fingerprint density at radius 3 is 2.14 bits per heavy atom. The number of aliphatic carboxylic acids is 1. The molecule has 0 unspecified atom stereocenters. The number of aromatic nitrogens is 6. The number of carboxylic acids is 1. The van der Waals surface area contributed by atoms with Gasteiger partial charge in [0.25, 0.3) is 0 Å². The molecule has 0 amide bonds. The first-order chi connectivity index (χ1) is 20.1. The number of pyridine rings is 1. The van der Waals surface area contributed by atoms with Crippen LogP contribution in [0.25, 0.3) is 17.1 Å². The van der Waals surface area contributed by atoms with Crippen LogP contribution in [0.5, 0.6) is 0 Å². The average molecular weight is 661 g/mol. The van der Waals surface area contributed by atoms with E-state index in [2.05, 4.69) is 25.1 Å². The summed E-state index contributed by atoms with van der Waals surface area (Å²) < 4.78 is 66.0. The number of alkyl halides is 3. The molecule has 230 valence electrons. The molecule has 1 aromatic carbocycles. The first kappa shape index (κ1) is 33.8. The van der Waals surface area contributed by atoms with Gasteiger partial charge in [-0.1, -0.05) is 29.3 Å². The molecule has 0 saturated heterocycles. The predicted octanol–water partition coefficient (Wildman–Crippen LogP) is 5.37. The molecule has 0 bridgehead atoms. The van der Waals surface area contributed by atoms with Gasteiger partial charge in [0.15, 0.2) is 27.3 Å². The van der Waals surface area contributed by atoms with Crippen LogP contribution < -0.4 is 0 Å². The summed E-state index contributed by atoms with van der Waals surface area (Å²) in [5.41, 5.74) is 2.77. The molecule has 11 nitrogen and oxygen atoms in total. The molecule has 4 aromatic rings. The highest BCUT2D eigenvalue weighted by Crippen LogP contribution is 2.34. The van der Waals surface area contributed by atoms with Gasteiger partial charge in [-0.05, 0) is 50.1 Å². The van der Waals surface area contributed by atoms with Crippen molar-refractivity contribution in [3.63, 3.8) is 0 Å². The highest BCUT2D eigenvalue weighted by molar-refractivity contribution is 7.91. The molecule has 3 aromatic heterocycles. The smallest absolute Gasteiger partial charge is 0.475 e. The van der Waals surface area contributed by atoms with Gasteiger partial charge < -0.3 is 9.84 Å². The van der Waals surface area contributed by atoms with Crippen LogP contribution in [-0.4, -0.2) is 67.7 Å². The van der Waals surface area contributed by atoms with Crippen LogP contribution >= 0.6 is 23.2 Å². The number of para-hydroxylation sites is 1. The summed E-state index contributed by atoms with van der Waals surface area (Å²) in [6.07, 6.45) is 0.598. The van der Waals surface area contributed by atoms with E-state index < -0.39 is 39.1 Å². The number of sulfone groups is 1. The van der Waals surface area contributed by atoms with Crippen molar-refractivity contribution in [1.29, 1.82) is 0 Å². The number of hydrogen-bond donors (Lipinski definition) is 1. The first-order valence-corrected chi connectivity index (χ1v) is 14.7. The number of methoxy groups -OCH3 is 1. The van der Waals surface area contributed by atoms with Crippen molar-refractivity contribution in [2.24, 2.45) is 0 Å². The molecular formula is C26H25Cl2F3N6O5S. The normalized spacial score (nSPS) is 13.1. The van der Waals surface area contributed by atoms with Crippen molar-refractivity contribution < 1.29 is 36.2 Å². The number of ether oxygens (including phenoxy) is 1. The van der Waals surface area contributed by atoms with E-state index in [1.54, 1.807) is 54.5 Å². The quantitative estimate of drug-likeness (QED) is 0.261. The maximum absolute atomic E-state index is 13.6. The van der Waals surface area contributed by atoms with Crippen LogP contribution in [0.1, 0.15) is 35.8 Å². The van der Waals surface area contributed by atoms with Crippen LogP contribution in [0.2, 0.25) is 10.0 Å². The molecule has 0 aliphatic carbocycles. The van der Waals surface area contributed by atoms with Crippen molar-refractivity contribution in [1.82, 2.24) is 29.7 Å². The third-order valence-electron chi connectivity index (χ3n) is 5.90. The Hall–Kier alpha value is -3.66. The fourth-order valence-electron chi connectivity index (χ4n) is 3.77. The summed E-state index contributed by atoms with van der Waals surface area (Å²) in [7, 11) is -2.42. The maximum atomic E-state index is 13.6. The molecule has 0 aliphatic rings. The Morgan fingerprint density at radius 2 is 1.63 bits per heavy atom. The Bertz CT molecular complexity index is 1680. The Balaban J connectivity index is 0.000000646. The fourth-order valence-corrected chi connectivity index (χ4v) is 5.75. The van der Waals surface area contributed by atoms with Crippen molar-refractivity contribution in [3.8, 4) is 17.1 Å². The third kappa shape index (κ3) is 8.25. The monoisotopic (exact) mass is 660 g/mol. The minimum Gasteiger partial charge on any atom is -0.475 e. The highest BCUT2D eigenvalue weighted by atomic mass is 35.5. The van der Waals surface area contributed by atoms with E-state index in [-0.39, 0.29) is 11.6 Å². The number of halogens is 5. The SMILES string of the molecule is CO[C@H](c1ncc(C)cn1)[C@H](C)S(=O)(=O)Cc1nnc(-c2cncc(C)c2)n1-c1c(Cl)cccc1Cl.O=C(O)C(F)(F)F. The molecule has 4 rings (SSSR count). The van der Waals surface area contributed by atoms with Crippen molar-refractivity contribution >= 4 is 39.0 Å². The summed E-state index contributed by atoms with van der Waals surface area (Å²) >= 11 is 13.0. The van der Waals surface area contributed by atoms with Crippen LogP contribution in [0.15, 0.2) is 49.1 Å². The van der Waals surface area contributed by atoms with Crippen molar-refractivity contribution in [3.05, 3.63) is 81.9 Å². The lowest BCUT2D eigenvalue weighted by atomic mass is 10.2. The van der Waals surface area contributed by atoms with Gasteiger partial charge in [0, 0.05) is 37.5 Å². The minimum atomic E-state index is -5.08. The maximum Gasteiger partial charge on any atom is 0.490 e. The number of aryl methyl sites for hydroxylation is 2. The van der Waals surface area contributed by atoms with E-state index in [4.69, 9.17) is 37.8 Å². The van der Waals surface area contributed by atoms with Crippen LogP contribution in [-0.2, 0) is 25.1 Å². The zero-order valence-electron chi connectivity index (χ0n) is 23.0. The van der Waals surface area contributed by atoms with Crippen molar-refractivity contribution in [2.75, 3.05) is 7.11 Å². The van der Waals surface area contributed by atoms with Gasteiger partial charge in [-0.3, -0.25) is 9.55 Å². The lowest BCUT2D eigenvalue weighted by molar-refractivity contribution is -0.192. The molecule has 0 radical (unpaired) electrons. The summed E-state index contributed by atoms with van der Waals surface area (Å²) in [5.74, 6) is -2.42. The second-order valence-corrected chi connectivity index (χ2v) is 12.4. The standard InChI is InChI=1S/C24H24Cl2N6O3S.C2HF3O2/c1-14-8-17(12-27-9-14)24-31-30-20(32(24)21-18(25)6-5-7-19(21)26)13-36(33,34)16(3)22(35-4)23-28-10-15(2)11-29-23;3-2(4,5)1(6)7/h5-12,16,22H,13H2,1-4H3;(H,6,7)/t16-,22-;/m0./s1. The van der Waals surface area contributed by atoms with Gasteiger partial charge in [0.2, 0.25) is 0 Å². The van der Waals surface area contributed by atoms with Gasteiger partial charge in [0.1, 0.15) is 11.9 Å². The summed E-state index contributed by atoms with van der Waals surface area (Å²) in [5, 5.41) is 15.3. The van der Waals surface area contributed by atoms with Crippen LogP contribution in [0.4, 0.5) is 13.2 Å². The Labute approximate surface area is 254 Å². The molecule has 43 heavy (non-hydrogen) atoms. The molecule has 2 atom stereocenters. The number of nitrogens with zero attached hydrogens (tertiary/aromatic N) is 6. The minimum absolute atomic E-state index is 0.146. The van der Waals surface area contributed by atoms with Crippen LogP contribution in [0, 0.1) is 13.8 Å². The number of benzene rings is 1. The fraction of sp³-hybridized carbons (Fsp3) is 0.308. The summed E-state index contributed by atoms with van der Waals surface area (Å²) in [4.78, 5) is 21.6. The second kappa shape index (κ2) is 13.8. The van der Waals surface area contributed by atoms with Gasteiger partial charge in [0.05, 0.1) is 21.0 Å². The number of hydrogen-bond acceptors (Lipinski definition) is 9. The molecule has 17 heteroatoms. The number of carbonyl (C=O) groups is 1. The van der Waals surface area contributed by atoms with Gasteiger partial charge in [-0.2, -0.15) is 13.2 Å². The molecule has 0 fully saturated rings. The topological polar surface area (TPSA) is 150 Å². The van der Waals surface area contributed by atoms with E-state index in [1.807, 2.05) is 19.9 Å². The average Bonchev–Trinajstić information content (AvgIpc) is 3.32. The molecule has 0 spiro atoms. The first-order valence-electron chi connectivity index (χ1n) is 12.2. The van der Waals surface area contributed by atoms with Gasteiger partial charge >= 0.3 is 12.1 Å². The van der Waals surface area contributed by atoms with E-state index in [1.165, 1.54) is 7.11 Å². The van der Waals surface area contributed by atoms with Crippen LogP contribution in [0.3, 0.4) is 0 Å². The summed E-state index contributed by atoms with van der Waals surface area (Å²) in [6.45, 7) is 5.30. The summed E-state index contributed by atoms with van der Waals surface area (Å²) in [6, 6.07) is 6.90. The van der Waals surface area contributed by atoms with E-state index in [9.17, 15) is 21.6 Å². The molecular weight excluding hydrogens is 636 g/mol. The van der Waals surface area contributed by atoms with E-state index in [0.717, 1.165) is 11.1 Å². The number of rotatable bonds is 8. The lowest BCUT2D eigenvalue weighted by Crippen LogP contribution is -2.30. The second-order valence-electron chi connectivity index (χ2n) is 9.19. The Kier molecular flexibility index (Phi) is 10.8. The van der Waals surface area contributed by atoms with E-state index in [0.29, 0.717) is 27.1 Å². The predicted molar refractivity (Wildman–Crippen MR) is 152 cm³/mol. The highest BCUT2D eigenvalue weighted by Gasteiger charge is 2.38. The zero-order valence-corrected chi connectivity index (χ0v) is 25.4. The molecule has 1 N–H and O–H groups in total. The Morgan fingerprint density at radius 1 is 1.05 bits per heavy atom.